The van der Waals surface area contributed by atoms with Gasteiger partial charge in [0, 0.05) is 31.2 Å². The van der Waals surface area contributed by atoms with Gasteiger partial charge < -0.3 is 10.2 Å². The molecule has 1 aromatic heterocycles. The van der Waals surface area contributed by atoms with E-state index in [2.05, 4.69) is 20.2 Å². The molecule has 0 spiro atoms. The van der Waals surface area contributed by atoms with Crippen molar-refractivity contribution in [2.45, 2.75) is 12.8 Å². The van der Waals surface area contributed by atoms with Gasteiger partial charge in [0.1, 0.15) is 5.82 Å². The summed E-state index contributed by atoms with van der Waals surface area (Å²) in [5.74, 6) is 0.00621. The van der Waals surface area contributed by atoms with Gasteiger partial charge in [-0.2, -0.15) is 0 Å². The molecule has 1 aliphatic heterocycles. The monoisotopic (exact) mass is 286 g/mol. The lowest BCUT2D eigenvalue weighted by molar-refractivity contribution is 0.102. The molecule has 2 heterocycles. The first-order valence-electron chi connectivity index (χ1n) is 6.86. The third-order valence-corrected chi connectivity index (χ3v) is 3.39. The first-order chi connectivity index (χ1) is 10.2. The van der Waals surface area contributed by atoms with Crippen molar-refractivity contribution in [3.8, 4) is 0 Å². The normalized spacial score (nSPS) is 14.2. The second kappa shape index (κ2) is 5.87. The third kappa shape index (κ3) is 3.16. The van der Waals surface area contributed by atoms with Crippen molar-refractivity contribution in [1.82, 2.24) is 9.97 Å². The zero-order valence-electron chi connectivity index (χ0n) is 11.4. The van der Waals surface area contributed by atoms with E-state index in [0.717, 1.165) is 25.9 Å². The minimum Gasteiger partial charge on any atom is -0.341 e. The number of carbonyl (C=O) groups excluding carboxylic acids is 1. The van der Waals surface area contributed by atoms with Crippen molar-refractivity contribution in [3.63, 3.8) is 0 Å². The van der Waals surface area contributed by atoms with Gasteiger partial charge in [0.05, 0.1) is 5.56 Å². The summed E-state index contributed by atoms with van der Waals surface area (Å²) in [7, 11) is 0. The second-order valence-electron chi connectivity index (χ2n) is 4.93. The maximum absolute atomic E-state index is 12.8. The topological polar surface area (TPSA) is 58.1 Å². The van der Waals surface area contributed by atoms with Crippen molar-refractivity contribution in [2.75, 3.05) is 23.3 Å². The highest BCUT2D eigenvalue weighted by Gasteiger charge is 2.15. The maximum atomic E-state index is 12.8. The first kappa shape index (κ1) is 13.5. The zero-order chi connectivity index (χ0) is 14.7. The van der Waals surface area contributed by atoms with Crippen molar-refractivity contribution in [1.29, 1.82) is 0 Å². The van der Waals surface area contributed by atoms with Crippen molar-refractivity contribution < 1.29 is 9.18 Å². The molecule has 1 saturated heterocycles. The fraction of sp³-hybridized carbons (Fsp3) is 0.267. The van der Waals surface area contributed by atoms with Crippen molar-refractivity contribution in [2.24, 2.45) is 0 Å². The molecule has 108 valence electrons. The Morgan fingerprint density at radius 3 is 2.33 bits per heavy atom. The van der Waals surface area contributed by atoms with Crippen LogP contribution in [-0.2, 0) is 0 Å². The lowest BCUT2D eigenvalue weighted by Crippen LogP contribution is -2.21. The summed E-state index contributed by atoms with van der Waals surface area (Å²) < 4.78 is 12.8. The van der Waals surface area contributed by atoms with Crippen LogP contribution in [0.4, 0.5) is 16.0 Å². The Balaban J connectivity index is 1.68. The van der Waals surface area contributed by atoms with Crippen LogP contribution in [0.3, 0.4) is 0 Å². The van der Waals surface area contributed by atoms with Crippen molar-refractivity contribution >= 4 is 17.5 Å². The van der Waals surface area contributed by atoms with Gasteiger partial charge in [-0.05, 0) is 37.1 Å². The minimum atomic E-state index is -0.341. The fourth-order valence-electron chi connectivity index (χ4n) is 2.26. The largest absolute Gasteiger partial charge is 0.341 e. The predicted octanol–water partition coefficient (Wildman–Crippen LogP) is 2.47. The van der Waals surface area contributed by atoms with Crippen LogP contribution in [0.5, 0.6) is 0 Å². The third-order valence-electron chi connectivity index (χ3n) is 3.39. The van der Waals surface area contributed by atoms with E-state index in [1.807, 2.05) is 0 Å². The standard InChI is InChI=1S/C15H15FN4O/c16-12-3-5-13(6-4-12)19-14(21)11-9-17-15(18-10-11)20-7-1-2-8-20/h3-6,9-10H,1-2,7-8H2,(H,19,21). The molecule has 6 heteroatoms. The minimum absolute atomic E-state index is 0.311. The van der Waals surface area contributed by atoms with Crippen LogP contribution in [0.1, 0.15) is 23.2 Å². The first-order valence-corrected chi connectivity index (χ1v) is 6.86. The van der Waals surface area contributed by atoms with Gasteiger partial charge in [-0.1, -0.05) is 0 Å². The highest BCUT2D eigenvalue weighted by atomic mass is 19.1. The number of carbonyl (C=O) groups is 1. The molecular weight excluding hydrogens is 271 g/mol. The molecule has 0 bridgehead atoms. The quantitative estimate of drug-likeness (QED) is 0.941. The van der Waals surface area contributed by atoms with E-state index in [1.165, 1.54) is 36.7 Å². The Morgan fingerprint density at radius 1 is 1.10 bits per heavy atom. The summed E-state index contributed by atoms with van der Waals surface area (Å²) in [6.07, 6.45) is 5.32. The number of aromatic nitrogens is 2. The van der Waals surface area contributed by atoms with E-state index >= 15 is 0 Å². The number of halogens is 1. The van der Waals surface area contributed by atoms with Gasteiger partial charge in [-0.3, -0.25) is 4.79 Å². The molecule has 3 rings (SSSR count). The van der Waals surface area contributed by atoms with Crippen LogP contribution in [0.25, 0.3) is 0 Å². The van der Waals surface area contributed by atoms with E-state index < -0.39 is 0 Å². The highest BCUT2D eigenvalue weighted by molar-refractivity contribution is 6.03. The number of anilines is 2. The molecule has 0 radical (unpaired) electrons. The molecular formula is C15H15FN4O. The van der Waals surface area contributed by atoms with E-state index in [-0.39, 0.29) is 11.7 Å². The Kier molecular flexibility index (Phi) is 3.77. The molecule has 0 saturated carbocycles. The number of hydrogen-bond acceptors (Lipinski definition) is 4. The smallest absolute Gasteiger partial charge is 0.258 e. The SMILES string of the molecule is O=C(Nc1ccc(F)cc1)c1cnc(N2CCCC2)nc1. The zero-order valence-corrected chi connectivity index (χ0v) is 11.4. The number of benzene rings is 1. The van der Waals surface area contributed by atoms with E-state index in [1.54, 1.807) is 0 Å². The van der Waals surface area contributed by atoms with Crippen LogP contribution < -0.4 is 10.2 Å². The number of nitrogens with one attached hydrogen (secondary N) is 1. The lowest BCUT2D eigenvalue weighted by Gasteiger charge is -2.14. The molecule has 5 nitrogen and oxygen atoms in total. The Hall–Kier alpha value is -2.50. The molecule has 1 N–H and O–H groups in total. The second-order valence-corrected chi connectivity index (χ2v) is 4.93. The summed E-state index contributed by atoms with van der Waals surface area (Å²) in [6, 6.07) is 5.60. The molecule has 1 amide bonds. The highest BCUT2D eigenvalue weighted by Crippen LogP contribution is 2.15. The van der Waals surface area contributed by atoms with Gasteiger partial charge in [0.15, 0.2) is 0 Å². The number of rotatable bonds is 3. The van der Waals surface area contributed by atoms with Crippen LogP contribution in [0.15, 0.2) is 36.7 Å². The van der Waals surface area contributed by atoms with Gasteiger partial charge in [0.25, 0.3) is 5.91 Å². The van der Waals surface area contributed by atoms with Crippen LogP contribution in [0.2, 0.25) is 0 Å². The summed E-state index contributed by atoms with van der Waals surface area (Å²) in [5.41, 5.74) is 0.910. The number of hydrogen-bond donors (Lipinski definition) is 1. The van der Waals surface area contributed by atoms with Crippen molar-refractivity contribution in [3.05, 3.63) is 48.0 Å². The number of nitrogens with zero attached hydrogens (tertiary/aromatic N) is 3. The Morgan fingerprint density at radius 2 is 1.71 bits per heavy atom. The van der Waals surface area contributed by atoms with E-state index in [4.69, 9.17) is 0 Å². The van der Waals surface area contributed by atoms with Crippen LogP contribution >= 0.6 is 0 Å². The molecule has 0 atom stereocenters. The maximum Gasteiger partial charge on any atom is 0.258 e. The molecule has 0 unspecified atom stereocenters. The Bertz CT molecular complexity index is 621. The van der Waals surface area contributed by atoms with E-state index in [9.17, 15) is 9.18 Å². The molecule has 1 aliphatic rings. The average molecular weight is 286 g/mol. The predicted molar refractivity (Wildman–Crippen MR) is 77.8 cm³/mol. The van der Waals surface area contributed by atoms with Gasteiger partial charge in [-0.15, -0.1) is 0 Å². The summed E-state index contributed by atoms with van der Waals surface area (Å²) in [4.78, 5) is 22.6. The van der Waals surface area contributed by atoms with Gasteiger partial charge >= 0.3 is 0 Å². The molecule has 2 aromatic rings. The van der Waals surface area contributed by atoms with Gasteiger partial charge in [0.2, 0.25) is 5.95 Å². The summed E-state index contributed by atoms with van der Waals surface area (Å²) >= 11 is 0. The van der Waals surface area contributed by atoms with Gasteiger partial charge in [-0.25, -0.2) is 14.4 Å². The summed E-state index contributed by atoms with van der Waals surface area (Å²) in [6.45, 7) is 1.92. The fourth-order valence-corrected chi connectivity index (χ4v) is 2.26. The lowest BCUT2D eigenvalue weighted by atomic mass is 10.2. The summed E-state index contributed by atoms with van der Waals surface area (Å²) in [5, 5.41) is 2.68. The Labute approximate surface area is 121 Å². The molecule has 0 aliphatic carbocycles. The molecule has 21 heavy (non-hydrogen) atoms. The van der Waals surface area contributed by atoms with Crippen LogP contribution in [-0.4, -0.2) is 29.0 Å². The number of amides is 1. The van der Waals surface area contributed by atoms with E-state index in [0.29, 0.717) is 17.2 Å². The molecule has 1 fully saturated rings. The molecule has 1 aromatic carbocycles. The van der Waals surface area contributed by atoms with Crippen LogP contribution in [0, 0.1) is 5.82 Å². The average Bonchev–Trinajstić information content (AvgIpc) is 3.04.